The zero-order valence-electron chi connectivity index (χ0n) is 13.4. The fourth-order valence-electron chi connectivity index (χ4n) is 2.21. The van der Waals surface area contributed by atoms with Gasteiger partial charge >= 0.3 is 6.03 Å². The second kappa shape index (κ2) is 6.99. The maximum absolute atomic E-state index is 11.9. The quantitative estimate of drug-likeness (QED) is 0.749. The number of nitrogens with one attached hydrogen (secondary N) is 2. The zero-order valence-corrected chi connectivity index (χ0v) is 13.4. The number of amides is 2. The number of anilines is 1. The van der Waals surface area contributed by atoms with Gasteiger partial charge in [-0.05, 0) is 37.6 Å². The highest BCUT2D eigenvalue weighted by molar-refractivity contribution is 5.90. The largest absolute Gasteiger partial charge is 0.461 e. The van der Waals surface area contributed by atoms with Crippen LogP contribution >= 0.6 is 0 Å². The van der Waals surface area contributed by atoms with Gasteiger partial charge in [0.25, 0.3) is 0 Å². The van der Waals surface area contributed by atoms with Gasteiger partial charge < -0.3 is 19.6 Å². The molecule has 3 aromatic rings. The molecule has 0 aliphatic heterocycles. The Labute approximate surface area is 139 Å². The van der Waals surface area contributed by atoms with Crippen LogP contribution in [0.4, 0.5) is 10.5 Å². The fraction of sp³-hybridized carbons (Fsp3) is 0.235. The minimum absolute atomic E-state index is 0.0592. The first-order chi connectivity index (χ1) is 11.6. The molecule has 2 aromatic heterocycles. The summed E-state index contributed by atoms with van der Waals surface area (Å²) < 4.78 is 10.5. The summed E-state index contributed by atoms with van der Waals surface area (Å²) in [4.78, 5) is 16.2. The van der Waals surface area contributed by atoms with Crippen LogP contribution in [0, 0.1) is 0 Å². The lowest BCUT2D eigenvalue weighted by Crippen LogP contribution is -2.34. The number of urea groups is 1. The maximum atomic E-state index is 11.9. The van der Waals surface area contributed by atoms with Crippen LogP contribution in [0.3, 0.4) is 0 Å². The van der Waals surface area contributed by atoms with E-state index >= 15 is 0 Å². The van der Waals surface area contributed by atoms with Gasteiger partial charge in [0, 0.05) is 11.7 Å². The van der Waals surface area contributed by atoms with E-state index in [-0.39, 0.29) is 12.1 Å². The Balaban J connectivity index is 1.75. The molecule has 24 heavy (non-hydrogen) atoms. The first-order valence-electron chi connectivity index (χ1n) is 7.63. The van der Waals surface area contributed by atoms with Crippen molar-refractivity contribution in [3.63, 3.8) is 0 Å². The fourth-order valence-corrected chi connectivity index (χ4v) is 2.21. The molecule has 2 heterocycles. The van der Waals surface area contributed by atoms with Crippen molar-refractivity contribution in [3.8, 4) is 11.6 Å². The lowest BCUT2D eigenvalue weighted by atomic mass is 10.1. The van der Waals surface area contributed by atoms with Gasteiger partial charge in [-0.15, -0.1) is 0 Å². The standard InChI is InChI=1S/C17H18N4O3/c1-11(2)18-17(22)19-13-7-4-3-6-12(13)10-15-20-16(21-24-15)14-8-5-9-23-14/h3-9,11H,10H2,1-2H3,(H2,18,19,22). The molecule has 0 bridgehead atoms. The van der Waals surface area contributed by atoms with Crippen LogP contribution in [0.5, 0.6) is 0 Å². The van der Waals surface area contributed by atoms with Crippen LogP contribution in [0.2, 0.25) is 0 Å². The third kappa shape index (κ3) is 3.81. The lowest BCUT2D eigenvalue weighted by molar-refractivity contribution is 0.250. The summed E-state index contributed by atoms with van der Waals surface area (Å²) in [6.45, 7) is 3.81. The summed E-state index contributed by atoms with van der Waals surface area (Å²) in [7, 11) is 0. The molecule has 0 fully saturated rings. The highest BCUT2D eigenvalue weighted by atomic mass is 16.5. The third-order valence-electron chi connectivity index (χ3n) is 3.24. The average molecular weight is 326 g/mol. The van der Waals surface area contributed by atoms with Crippen molar-refractivity contribution in [2.45, 2.75) is 26.3 Å². The number of aromatic nitrogens is 2. The summed E-state index contributed by atoms with van der Waals surface area (Å²) in [6.07, 6.45) is 1.96. The van der Waals surface area contributed by atoms with Crippen LogP contribution in [-0.4, -0.2) is 22.2 Å². The first kappa shape index (κ1) is 15.8. The summed E-state index contributed by atoms with van der Waals surface area (Å²) >= 11 is 0. The molecule has 0 aliphatic rings. The van der Waals surface area contributed by atoms with Crippen molar-refractivity contribution in [1.29, 1.82) is 0 Å². The Bertz CT molecular complexity index is 809. The van der Waals surface area contributed by atoms with Gasteiger partial charge in [-0.2, -0.15) is 4.98 Å². The van der Waals surface area contributed by atoms with Gasteiger partial charge in [0.2, 0.25) is 11.7 Å². The molecule has 1 aromatic carbocycles. The molecular weight excluding hydrogens is 308 g/mol. The highest BCUT2D eigenvalue weighted by Gasteiger charge is 2.14. The first-order valence-corrected chi connectivity index (χ1v) is 7.63. The van der Waals surface area contributed by atoms with E-state index in [0.29, 0.717) is 29.6 Å². The predicted octanol–water partition coefficient (Wildman–Crippen LogP) is 3.45. The molecule has 7 nitrogen and oxygen atoms in total. The SMILES string of the molecule is CC(C)NC(=O)Nc1ccccc1Cc1nc(-c2ccco2)no1. The van der Waals surface area contributed by atoms with Crippen LogP contribution in [0.15, 0.2) is 51.6 Å². The molecular formula is C17H18N4O3. The van der Waals surface area contributed by atoms with Crippen LogP contribution < -0.4 is 10.6 Å². The summed E-state index contributed by atoms with van der Waals surface area (Å²) in [5.74, 6) is 1.39. The average Bonchev–Trinajstić information content (AvgIpc) is 3.19. The van der Waals surface area contributed by atoms with Gasteiger partial charge in [0.05, 0.1) is 12.7 Å². The number of hydrogen-bond donors (Lipinski definition) is 2. The Hall–Kier alpha value is -3.09. The third-order valence-corrected chi connectivity index (χ3v) is 3.24. The molecule has 0 spiro atoms. The second-order valence-electron chi connectivity index (χ2n) is 5.58. The lowest BCUT2D eigenvalue weighted by Gasteiger charge is -2.12. The van der Waals surface area contributed by atoms with E-state index in [9.17, 15) is 4.79 Å². The molecule has 0 atom stereocenters. The highest BCUT2D eigenvalue weighted by Crippen LogP contribution is 2.21. The van der Waals surface area contributed by atoms with Crippen LogP contribution in [-0.2, 0) is 6.42 Å². The predicted molar refractivity (Wildman–Crippen MR) is 88.5 cm³/mol. The Morgan fingerprint density at radius 1 is 1.21 bits per heavy atom. The topological polar surface area (TPSA) is 93.2 Å². The molecule has 2 amide bonds. The zero-order chi connectivity index (χ0) is 16.9. The van der Waals surface area contributed by atoms with E-state index in [4.69, 9.17) is 8.94 Å². The number of para-hydroxylation sites is 1. The molecule has 0 unspecified atom stereocenters. The van der Waals surface area contributed by atoms with E-state index in [2.05, 4.69) is 20.8 Å². The van der Waals surface area contributed by atoms with Crippen molar-refractivity contribution in [3.05, 3.63) is 54.1 Å². The van der Waals surface area contributed by atoms with Gasteiger partial charge in [-0.25, -0.2) is 4.79 Å². The van der Waals surface area contributed by atoms with Crippen molar-refractivity contribution in [2.75, 3.05) is 5.32 Å². The van der Waals surface area contributed by atoms with Gasteiger partial charge in [-0.1, -0.05) is 23.4 Å². The summed E-state index contributed by atoms with van der Waals surface area (Å²) in [5, 5.41) is 9.53. The van der Waals surface area contributed by atoms with Crippen molar-refractivity contribution >= 4 is 11.7 Å². The van der Waals surface area contributed by atoms with Gasteiger partial charge in [-0.3, -0.25) is 0 Å². The van der Waals surface area contributed by atoms with Crippen molar-refractivity contribution in [1.82, 2.24) is 15.5 Å². The Kier molecular flexibility index (Phi) is 4.60. The smallest absolute Gasteiger partial charge is 0.319 e. The number of nitrogens with zero attached hydrogens (tertiary/aromatic N) is 2. The molecule has 0 saturated heterocycles. The molecule has 0 aliphatic carbocycles. The number of carbonyl (C=O) groups is 1. The number of benzene rings is 1. The molecule has 0 radical (unpaired) electrons. The molecule has 0 saturated carbocycles. The van der Waals surface area contributed by atoms with E-state index in [0.717, 1.165) is 5.56 Å². The van der Waals surface area contributed by atoms with Crippen LogP contribution in [0.25, 0.3) is 11.6 Å². The van der Waals surface area contributed by atoms with E-state index in [1.165, 1.54) is 0 Å². The number of hydrogen-bond acceptors (Lipinski definition) is 5. The number of furan rings is 1. The van der Waals surface area contributed by atoms with Crippen molar-refractivity contribution in [2.24, 2.45) is 0 Å². The number of carbonyl (C=O) groups excluding carboxylic acids is 1. The Morgan fingerprint density at radius 2 is 2.04 bits per heavy atom. The normalized spacial score (nSPS) is 10.8. The second-order valence-corrected chi connectivity index (χ2v) is 5.58. The molecule has 7 heteroatoms. The minimum atomic E-state index is -0.251. The summed E-state index contributed by atoms with van der Waals surface area (Å²) in [6, 6.07) is 10.8. The number of rotatable bonds is 5. The van der Waals surface area contributed by atoms with E-state index < -0.39 is 0 Å². The molecule has 124 valence electrons. The van der Waals surface area contributed by atoms with E-state index in [1.54, 1.807) is 18.4 Å². The maximum Gasteiger partial charge on any atom is 0.319 e. The minimum Gasteiger partial charge on any atom is -0.461 e. The van der Waals surface area contributed by atoms with Gasteiger partial charge in [0.1, 0.15) is 0 Å². The monoisotopic (exact) mass is 326 g/mol. The van der Waals surface area contributed by atoms with Crippen molar-refractivity contribution < 1.29 is 13.7 Å². The van der Waals surface area contributed by atoms with Gasteiger partial charge in [0.15, 0.2) is 5.76 Å². The Morgan fingerprint density at radius 3 is 2.79 bits per heavy atom. The molecule has 2 N–H and O–H groups in total. The van der Waals surface area contributed by atoms with Crippen LogP contribution in [0.1, 0.15) is 25.3 Å². The molecule has 3 rings (SSSR count). The summed E-state index contributed by atoms with van der Waals surface area (Å²) in [5.41, 5.74) is 1.58. The van der Waals surface area contributed by atoms with E-state index in [1.807, 2.05) is 38.1 Å².